The van der Waals surface area contributed by atoms with Gasteiger partial charge in [-0.1, -0.05) is 104 Å². The van der Waals surface area contributed by atoms with Gasteiger partial charge in [-0.2, -0.15) is 0 Å². The number of phenols is 3. The van der Waals surface area contributed by atoms with E-state index in [1.165, 1.54) is 83.3 Å². The van der Waals surface area contributed by atoms with Crippen molar-refractivity contribution in [3.8, 4) is 68.2 Å². The molecule has 36 nitrogen and oxygen atoms in total. The molecule has 8 heterocycles. The number of phenolic OH excluding ortho intramolecular Hbond substituents is 3. The van der Waals surface area contributed by atoms with E-state index in [4.69, 9.17) is 78.3 Å². The van der Waals surface area contributed by atoms with Gasteiger partial charge in [0.05, 0.1) is 48.5 Å². The van der Waals surface area contributed by atoms with E-state index in [-0.39, 0.29) is 64.8 Å². The minimum absolute atomic E-state index is 0.0607. The molecular formula is C86H98Cl2N10O26. The van der Waals surface area contributed by atoms with Gasteiger partial charge in [0.2, 0.25) is 53.4 Å². The molecule has 9 bridgehead atoms. The standard InChI is InChI=1S/C86H98Cl2N10O26/c1-35(2)25-50(92-7)77(109)97-66-68(103)42-19-24-54(49(88)27-42)120-56-29-43-28-55(73(56)124-84-74(71(106)70(105)57(34-99)121-84)123-60-33-86(6,91)76(108)37(4)118-60)119-45-22-17-41(18-23-45)72(122-59-32-85(5,90)75(107)36(3)117-59)67-82(114)96-65(83(115)116)48-30-53(101)47(26-38-11-13-39(14-12-38)40-15-20-44(87)21-16-40)69(104)62(48)61-46(9-8-10-52(61)100)64(80(112)98-67)95-79(111)63(43)94-78(110)51(31-58(89)102)93-81(66)113/h8-24,27-30,35-37,50-51,57,59-60,63-68,70-72,74-76,84,92,99-101,103-108H,25-26,31-34,90-91H2,1-7H3,(H2,89,102)(H,93,113)(H,94,110)(H,95,111)(H,96,114)(H,97,109)(H,98,112)(H,115,116)/t36-,37+,50?,51?,57-,59-,60+,63?,64?,65?,66?,67?,68?,70-,71+,72?,74-,75-,76-,84+,85?,86+/m1/s1. The van der Waals surface area contributed by atoms with E-state index in [9.17, 15) is 65.4 Å². The van der Waals surface area contributed by atoms with Crippen molar-refractivity contribution in [2.45, 2.75) is 207 Å². The fourth-order valence-electron chi connectivity index (χ4n) is 16.2. The van der Waals surface area contributed by atoms with Crippen LogP contribution in [0.4, 0.5) is 0 Å². The summed E-state index contributed by atoms with van der Waals surface area (Å²) in [6, 6.07) is 14.2. The number of aromatic hydroxyl groups is 3. The molecule has 8 aliphatic heterocycles. The average molecular weight is 1760 g/mol. The van der Waals surface area contributed by atoms with Crippen LogP contribution >= 0.6 is 23.2 Å². The van der Waals surface area contributed by atoms with Gasteiger partial charge in [-0.25, -0.2) is 4.79 Å². The van der Waals surface area contributed by atoms with Gasteiger partial charge in [0.1, 0.15) is 89.5 Å². The van der Waals surface area contributed by atoms with Crippen LogP contribution < -0.4 is 68.6 Å². The summed E-state index contributed by atoms with van der Waals surface area (Å²) >= 11 is 13.4. The van der Waals surface area contributed by atoms with E-state index < -0.39 is 256 Å². The maximum Gasteiger partial charge on any atom is 0.330 e. The lowest BCUT2D eigenvalue weighted by Gasteiger charge is -2.47. The number of aliphatic hydroxyl groups is 6. The Morgan fingerprint density at radius 2 is 1.24 bits per heavy atom. The molecule has 10 unspecified atom stereocenters. The third kappa shape index (κ3) is 19.3. The van der Waals surface area contributed by atoms with Gasteiger partial charge in [0.15, 0.2) is 36.2 Å². The number of aliphatic hydroxyl groups excluding tert-OH is 6. The SMILES string of the molecule is CNC(CC(C)C)C(=O)NC1C(=O)NC(CC(N)=O)C(=O)NC2C(=O)NC3C(=O)NC(C(=O)NC(C(=O)O)c4cc(O)c(Cc5ccc(-c6ccc(Cl)cc6)cc5)c(O)c4-c4c(O)cccc43)C(O[C@@H]3CC(C)(N)[C@H](O)[C@@H](C)O3)c3ccc(cc3)Oc3cc2cc(c3O[C@@H]2O[C@H](CO)[C@@H](O)[C@H](O)[C@H]2O[C@H]2C[C@](C)(N)[C@H](O)[C@H](C)O2)Oc2ccc(cc2Cl)C1O. The second kappa shape index (κ2) is 37.1. The Labute approximate surface area is 719 Å². The molecule has 124 heavy (non-hydrogen) atoms. The van der Waals surface area contributed by atoms with Crippen molar-refractivity contribution in [3.05, 3.63) is 176 Å². The van der Waals surface area contributed by atoms with E-state index in [1.54, 1.807) is 48.5 Å². The van der Waals surface area contributed by atoms with Gasteiger partial charge in [0, 0.05) is 57.6 Å². The zero-order chi connectivity index (χ0) is 89.6. The van der Waals surface area contributed by atoms with Gasteiger partial charge in [-0.15, -0.1) is 0 Å². The van der Waals surface area contributed by atoms with Crippen LogP contribution in [0.25, 0.3) is 22.3 Å². The summed E-state index contributed by atoms with van der Waals surface area (Å²) in [5.41, 5.74) is 14.7. The molecule has 662 valence electrons. The van der Waals surface area contributed by atoms with E-state index in [0.717, 1.165) is 41.5 Å². The second-order valence-electron chi connectivity index (χ2n) is 32.7. The predicted octanol–water partition coefficient (Wildman–Crippen LogP) is 3.60. The first-order chi connectivity index (χ1) is 58.7. The summed E-state index contributed by atoms with van der Waals surface area (Å²) in [6.07, 6.45) is -23.1. The number of benzene rings is 7. The molecule has 3 fully saturated rings. The fraction of sp³-hybridized carbons (Fsp3) is 0.419. The lowest BCUT2D eigenvalue weighted by molar-refractivity contribution is -0.333. The quantitative estimate of drug-likeness (QED) is 0.0583. The highest BCUT2D eigenvalue weighted by Gasteiger charge is 2.53. The number of carbonyl (C=O) groups excluding carboxylic acids is 7. The highest BCUT2D eigenvalue weighted by Crippen LogP contribution is 2.52. The molecule has 7 aromatic rings. The molecule has 23 N–H and O–H groups in total. The molecule has 38 heteroatoms. The first kappa shape index (κ1) is 90.8. The van der Waals surface area contributed by atoms with E-state index in [2.05, 4.69) is 37.2 Å². The van der Waals surface area contributed by atoms with Gasteiger partial charge in [-0.05, 0) is 147 Å². The van der Waals surface area contributed by atoms with Crippen LogP contribution in [0.3, 0.4) is 0 Å². The molecule has 0 radical (unpaired) electrons. The summed E-state index contributed by atoms with van der Waals surface area (Å²) in [5.74, 6) is -16.1. The number of fused-ring (bicyclic) bond motifs is 14. The Morgan fingerprint density at radius 1 is 0.637 bits per heavy atom. The van der Waals surface area contributed by atoms with Crippen molar-refractivity contribution < 1.29 is 127 Å². The molecule has 7 aromatic carbocycles. The number of carboxylic acids is 1. The maximum absolute atomic E-state index is 16.8. The Morgan fingerprint density at radius 3 is 1.84 bits per heavy atom. The highest BCUT2D eigenvalue weighted by molar-refractivity contribution is 6.32. The number of nitrogens with two attached hydrogens (primary N) is 3. The molecule has 8 aliphatic rings. The van der Waals surface area contributed by atoms with Crippen molar-refractivity contribution in [1.29, 1.82) is 0 Å². The van der Waals surface area contributed by atoms with Gasteiger partial charge in [-0.3, -0.25) is 33.6 Å². The molecule has 22 atom stereocenters. The number of aliphatic carboxylic acids is 1. The van der Waals surface area contributed by atoms with Crippen LogP contribution in [0.15, 0.2) is 127 Å². The predicted molar refractivity (Wildman–Crippen MR) is 440 cm³/mol. The Balaban J connectivity index is 1.07. The molecule has 3 saturated heterocycles. The number of ether oxygens (including phenoxy) is 8. The van der Waals surface area contributed by atoms with Crippen molar-refractivity contribution in [1.82, 2.24) is 37.2 Å². The normalized spacial score (nSPS) is 29.9. The van der Waals surface area contributed by atoms with Gasteiger partial charge >= 0.3 is 5.97 Å². The van der Waals surface area contributed by atoms with Gasteiger partial charge in [0.25, 0.3) is 0 Å². The molecule has 0 aliphatic carbocycles. The summed E-state index contributed by atoms with van der Waals surface area (Å²) < 4.78 is 52.2. The van der Waals surface area contributed by atoms with Crippen LogP contribution in [0.2, 0.25) is 10.0 Å². The molecule has 0 spiro atoms. The minimum atomic E-state index is -2.43. The third-order valence-corrected chi connectivity index (χ3v) is 23.4. The van der Waals surface area contributed by atoms with E-state index in [1.807, 2.05) is 13.8 Å². The lowest BCUT2D eigenvalue weighted by Crippen LogP contribution is -2.64. The number of carbonyl (C=O) groups is 8. The van der Waals surface area contributed by atoms with E-state index in [0.29, 0.717) is 10.6 Å². The Hall–Kier alpha value is -10.9. The van der Waals surface area contributed by atoms with Crippen LogP contribution in [0.5, 0.6) is 46.0 Å². The zero-order valence-corrected chi connectivity index (χ0v) is 69.5. The van der Waals surface area contributed by atoms with E-state index >= 15 is 24.0 Å². The van der Waals surface area contributed by atoms with Crippen LogP contribution in [0, 0.1) is 5.92 Å². The summed E-state index contributed by atoms with van der Waals surface area (Å²) in [5, 5.41) is 137. The number of primary amides is 1. The van der Waals surface area contributed by atoms with Crippen LogP contribution in [-0.2, 0) is 68.5 Å². The third-order valence-electron chi connectivity index (χ3n) is 22.9. The number of carboxylic acid groups (broad SMARTS) is 1. The molecule has 7 amide bonds. The maximum atomic E-state index is 16.8. The Kier molecular flexibility index (Phi) is 27.2. The first-order valence-electron chi connectivity index (χ1n) is 39.9. The average Bonchev–Trinajstić information content (AvgIpc) is 1.21. The Bertz CT molecular complexity index is 5210. The van der Waals surface area contributed by atoms with Crippen LogP contribution in [-0.4, -0.2) is 215 Å². The lowest BCUT2D eigenvalue weighted by atomic mass is 9.85. The van der Waals surface area contributed by atoms with Crippen molar-refractivity contribution in [3.63, 3.8) is 0 Å². The number of amides is 7. The highest BCUT2D eigenvalue weighted by atomic mass is 35.5. The first-order valence-corrected chi connectivity index (χ1v) is 40.7. The number of hydrogen-bond acceptors (Lipinski definition) is 28. The van der Waals surface area contributed by atoms with Crippen LogP contribution in [0.1, 0.15) is 137 Å². The molecule has 0 saturated carbocycles. The molecule has 0 aromatic heterocycles. The number of halogens is 2. The summed E-state index contributed by atoms with van der Waals surface area (Å²) in [7, 11) is 1.48. The largest absolute Gasteiger partial charge is 0.508 e. The topological polar surface area (TPSA) is 575 Å². The monoisotopic (exact) mass is 1760 g/mol. The van der Waals surface area contributed by atoms with Crippen molar-refractivity contribution in [2.24, 2.45) is 23.1 Å². The number of hydrogen-bond donors (Lipinski definition) is 20. The number of likely N-dealkylation sites (N-methyl/N-ethyl adjacent to an activating group) is 1. The fourth-order valence-corrected chi connectivity index (χ4v) is 16.6. The number of nitrogens with one attached hydrogen (secondary N) is 7. The smallest absolute Gasteiger partial charge is 0.330 e. The van der Waals surface area contributed by atoms with Crippen molar-refractivity contribution >= 4 is 70.5 Å². The zero-order valence-electron chi connectivity index (χ0n) is 68.0. The van der Waals surface area contributed by atoms with Gasteiger partial charge < -0.3 is 143 Å². The summed E-state index contributed by atoms with van der Waals surface area (Å²) in [6.45, 7) is 8.64. The minimum Gasteiger partial charge on any atom is -0.508 e. The molecular weight excluding hydrogens is 1660 g/mol. The van der Waals surface area contributed by atoms with Crippen molar-refractivity contribution in [2.75, 3.05) is 13.7 Å². The number of rotatable bonds is 18. The summed E-state index contributed by atoms with van der Waals surface area (Å²) in [4.78, 5) is 123. The molecule has 15 rings (SSSR count). The second-order valence-corrected chi connectivity index (χ2v) is 33.6.